The largest absolute Gasteiger partial charge is 0.465 e. The molecule has 6 rings (SSSR count). The van der Waals surface area contributed by atoms with Crippen LogP contribution < -0.4 is 15.1 Å². The standard InChI is InChI=1S/C30H32N8O4/c1-30(2,3)38(29(40)41)28-32-16-21(17-33-28)25-35-23-14-20(15-31-24(23)26(36-25)37-10-12-42-13-11-37)18-4-6-19(7-5-18)27(39)34-22-8-9-22/h4-7,14-17,22H,8-13H2,1-3H3,(H,34,39)(H,40,41). The Bertz CT molecular complexity index is 1630. The predicted octanol–water partition coefficient (Wildman–Crippen LogP) is 4.16. The Kier molecular flexibility index (Phi) is 7.15. The minimum atomic E-state index is -1.14. The van der Waals surface area contributed by atoms with Crippen molar-refractivity contribution in [2.75, 3.05) is 36.1 Å². The molecule has 0 spiro atoms. The van der Waals surface area contributed by atoms with E-state index >= 15 is 0 Å². The van der Waals surface area contributed by atoms with Crippen molar-refractivity contribution in [2.24, 2.45) is 0 Å². The van der Waals surface area contributed by atoms with E-state index in [2.05, 4.69) is 20.2 Å². The Morgan fingerprint density at radius 3 is 2.24 bits per heavy atom. The van der Waals surface area contributed by atoms with Crippen molar-refractivity contribution < 1.29 is 19.4 Å². The van der Waals surface area contributed by atoms with E-state index in [1.54, 1.807) is 27.0 Å². The van der Waals surface area contributed by atoms with Gasteiger partial charge in [0.15, 0.2) is 11.6 Å². The van der Waals surface area contributed by atoms with Crippen molar-refractivity contribution in [3.8, 4) is 22.5 Å². The molecule has 0 atom stereocenters. The normalized spacial score (nSPS) is 15.5. The maximum absolute atomic E-state index is 12.4. The number of anilines is 2. The number of pyridine rings is 1. The highest BCUT2D eigenvalue weighted by atomic mass is 16.5. The molecule has 216 valence electrons. The van der Waals surface area contributed by atoms with Gasteiger partial charge in [-0.1, -0.05) is 12.1 Å². The van der Waals surface area contributed by atoms with Crippen LogP contribution in [0.2, 0.25) is 0 Å². The quantitative estimate of drug-likeness (QED) is 0.347. The van der Waals surface area contributed by atoms with Gasteiger partial charge >= 0.3 is 6.09 Å². The minimum Gasteiger partial charge on any atom is -0.465 e. The first-order valence-electron chi connectivity index (χ1n) is 13.9. The van der Waals surface area contributed by atoms with Gasteiger partial charge in [0.1, 0.15) is 5.52 Å². The lowest BCUT2D eigenvalue weighted by Gasteiger charge is -2.31. The van der Waals surface area contributed by atoms with Crippen molar-refractivity contribution >= 4 is 34.8 Å². The second-order valence-electron chi connectivity index (χ2n) is 11.4. The minimum absolute atomic E-state index is 0.0598. The highest BCUT2D eigenvalue weighted by Gasteiger charge is 2.30. The summed E-state index contributed by atoms with van der Waals surface area (Å²) in [7, 11) is 0. The van der Waals surface area contributed by atoms with Gasteiger partial charge in [-0.3, -0.25) is 9.78 Å². The van der Waals surface area contributed by atoms with Crippen LogP contribution in [0, 0.1) is 0 Å². The van der Waals surface area contributed by atoms with E-state index in [1.165, 1.54) is 12.4 Å². The monoisotopic (exact) mass is 568 g/mol. The van der Waals surface area contributed by atoms with E-state index in [4.69, 9.17) is 19.7 Å². The second kappa shape index (κ2) is 10.9. The topological polar surface area (TPSA) is 147 Å². The van der Waals surface area contributed by atoms with Crippen LogP contribution in [0.4, 0.5) is 16.6 Å². The molecule has 2 N–H and O–H groups in total. The van der Waals surface area contributed by atoms with Gasteiger partial charge in [-0.05, 0) is 57.4 Å². The Morgan fingerprint density at radius 2 is 1.62 bits per heavy atom. The number of carbonyl (C=O) groups excluding carboxylic acids is 1. The molecular weight excluding hydrogens is 536 g/mol. The molecule has 12 heteroatoms. The first kappa shape index (κ1) is 27.5. The Balaban J connectivity index is 1.37. The molecule has 1 aliphatic carbocycles. The summed E-state index contributed by atoms with van der Waals surface area (Å²) in [5.74, 6) is 1.10. The van der Waals surface area contributed by atoms with Crippen molar-refractivity contribution in [3.05, 3.63) is 54.5 Å². The molecule has 0 bridgehead atoms. The summed E-state index contributed by atoms with van der Waals surface area (Å²) in [5.41, 5.74) is 3.50. The third-order valence-corrected chi connectivity index (χ3v) is 7.18. The molecule has 1 aromatic carbocycles. The lowest BCUT2D eigenvalue weighted by molar-refractivity contribution is 0.0951. The van der Waals surface area contributed by atoms with Gasteiger partial charge in [-0.15, -0.1) is 0 Å². The van der Waals surface area contributed by atoms with E-state index < -0.39 is 11.6 Å². The van der Waals surface area contributed by atoms with Crippen LogP contribution in [0.3, 0.4) is 0 Å². The molecule has 12 nitrogen and oxygen atoms in total. The van der Waals surface area contributed by atoms with Gasteiger partial charge in [0.05, 0.1) is 24.3 Å². The molecule has 2 aliphatic rings. The lowest BCUT2D eigenvalue weighted by Crippen LogP contribution is -2.46. The zero-order chi connectivity index (χ0) is 29.4. The molecule has 0 unspecified atom stereocenters. The third-order valence-electron chi connectivity index (χ3n) is 7.18. The molecule has 4 aromatic rings. The number of aromatic nitrogens is 5. The summed E-state index contributed by atoms with van der Waals surface area (Å²) >= 11 is 0. The number of nitrogens with zero attached hydrogens (tertiary/aromatic N) is 7. The van der Waals surface area contributed by atoms with E-state index in [9.17, 15) is 14.7 Å². The summed E-state index contributed by atoms with van der Waals surface area (Å²) < 4.78 is 5.55. The zero-order valence-electron chi connectivity index (χ0n) is 23.7. The molecule has 0 radical (unpaired) electrons. The number of benzene rings is 1. The number of carbonyl (C=O) groups is 2. The highest BCUT2D eigenvalue weighted by molar-refractivity contribution is 5.95. The van der Waals surface area contributed by atoms with E-state index in [1.807, 2.05) is 30.3 Å². The van der Waals surface area contributed by atoms with Gasteiger partial charge in [-0.25, -0.2) is 29.6 Å². The van der Waals surface area contributed by atoms with Gasteiger partial charge in [-0.2, -0.15) is 0 Å². The Hall–Kier alpha value is -4.71. The maximum atomic E-state index is 12.4. The Morgan fingerprint density at radius 1 is 0.952 bits per heavy atom. The summed E-state index contributed by atoms with van der Waals surface area (Å²) in [6.45, 7) is 7.81. The smallest absolute Gasteiger partial charge is 0.414 e. The summed E-state index contributed by atoms with van der Waals surface area (Å²) in [6, 6.07) is 9.71. The molecule has 42 heavy (non-hydrogen) atoms. The van der Waals surface area contributed by atoms with Gasteiger partial charge in [0, 0.05) is 54.4 Å². The van der Waals surface area contributed by atoms with E-state index in [0.717, 1.165) is 28.9 Å². The van der Waals surface area contributed by atoms with Crippen molar-refractivity contribution in [1.82, 2.24) is 30.2 Å². The van der Waals surface area contributed by atoms with Crippen LogP contribution in [0.1, 0.15) is 44.0 Å². The van der Waals surface area contributed by atoms with Gasteiger partial charge in [0.25, 0.3) is 5.91 Å². The third kappa shape index (κ3) is 5.70. The molecule has 1 saturated carbocycles. The van der Waals surface area contributed by atoms with E-state index in [0.29, 0.717) is 66.1 Å². The van der Waals surface area contributed by atoms with Crippen LogP contribution in [-0.2, 0) is 4.74 Å². The number of fused-ring (bicyclic) bond motifs is 1. The Labute approximate surface area is 242 Å². The number of amides is 2. The number of carboxylic acid groups (broad SMARTS) is 1. The van der Waals surface area contributed by atoms with Crippen LogP contribution >= 0.6 is 0 Å². The van der Waals surface area contributed by atoms with Crippen molar-refractivity contribution in [3.63, 3.8) is 0 Å². The molecule has 3 aromatic heterocycles. The van der Waals surface area contributed by atoms with Crippen molar-refractivity contribution in [1.29, 1.82) is 0 Å². The number of nitrogens with one attached hydrogen (secondary N) is 1. The molecule has 2 amide bonds. The molecular formula is C30H32N8O4. The molecule has 4 heterocycles. The summed E-state index contributed by atoms with van der Waals surface area (Å²) in [4.78, 5) is 50.7. The number of ether oxygens (including phenoxy) is 1. The van der Waals surface area contributed by atoms with Gasteiger partial charge < -0.3 is 20.1 Å². The highest BCUT2D eigenvalue weighted by Crippen LogP contribution is 2.30. The van der Waals surface area contributed by atoms with Crippen LogP contribution in [0.15, 0.2) is 48.9 Å². The lowest BCUT2D eigenvalue weighted by atomic mass is 10.0. The number of rotatable bonds is 6. The van der Waals surface area contributed by atoms with Gasteiger partial charge in [0.2, 0.25) is 5.95 Å². The number of morpholine rings is 1. The van der Waals surface area contributed by atoms with Crippen LogP contribution in [-0.4, -0.2) is 79.9 Å². The average Bonchev–Trinajstić information content (AvgIpc) is 3.80. The number of hydrogen-bond acceptors (Lipinski definition) is 9. The SMILES string of the molecule is CC(C)(C)N(C(=O)O)c1ncc(-c2nc(N3CCOCC3)c3ncc(-c4ccc(C(=O)NC5CC5)cc4)cc3n2)cn1. The zero-order valence-corrected chi connectivity index (χ0v) is 23.7. The van der Waals surface area contributed by atoms with Crippen LogP contribution in [0.25, 0.3) is 33.5 Å². The molecule has 1 aliphatic heterocycles. The molecule has 1 saturated heterocycles. The fourth-order valence-corrected chi connectivity index (χ4v) is 4.82. The first-order chi connectivity index (χ1) is 20.2. The first-order valence-corrected chi connectivity index (χ1v) is 13.9. The van der Waals surface area contributed by atoms with E-state index in [-0.39, 0.29) is 11.9 Å². The average molecular weight is 569 g/mol. The predicted molar refractivity (Wildman–Crippen MR) is 158 cm³/mol. The van der Waals surface area contributed by atoms with Crippen molar-refractivity contribution in [2.45, 2.75) is 45.2 Å². The summed E-state index contributed by atoms with van der Waals surface area (Å²) in [5, 5.41) is 12.7. The fourth-order valence-electron chi connectivity index (χ4n) is 4.82. The second-order valence-corrected chi connectivity index (χ2v) is 11.4. The molecule has 2 fully saturated rings. The maximum Gasteiger partial charge on any atom is 0.414 e. The number of hydrogen-bond donors (Lipinski definition) is 2. The van der Waals surface area contributed by atoms with Crippen LogP contribution in [0.5, 0.6) is 0 Å². The summed E-state index contributed by atoms with van der Waals surface area (Å²) in [6.07, 6.45) is 5.81. The fraction of sp³-hybridized carbons (Fsp3) is 0.367.